The number of nitrogens with one attached hydrogen (secondary N) is 1. The van der Waals surface area contributed by atoms with Gasteiger partial charge in [-0.3, -0.25) is 9.10 Å². The van der Waals surface area contributed by atoms with Crippen LogP contribution in [0.25, 0.3) is 0 Å². The predicted octanol–water partition coefficient (Wildman–Crippen LogP) is 4.70. The van der Waals surface area contributed by atoms with Gasteiger partial charge in [-0.05, 0) is 75.2 Å². The van der Waals surface area contributed by atoms with E-state index in [1.807, 2.05) is 45.0 Å². The van der Waals surface area contributed by atoms with Gasteiger partial charge in [-0.15, -0.1) is 0 Å². The maximum atomic E-state index is 13.3. The summed E-state index contributed by atoms with van der Waals surface area (Å²) >= 11 is 0. The van der Waals surface area contributed by atoms with Gasteiger partial charge < -0.3 is 5.32 Å². The van der Waals surface area contributed by atoms with Gasteiger partial charge in [0.05, 0.1) is 10.6 Å². The molecule has 0 spiro atoms. The quantitative estimate of drug-likeness (QED) is 0.666. The SMILES string of the molecule is Cc1ccc(NC(=O)c2ccc3c(c2)C[C@@H](C)N3S(=O)(=O)c2ccc(C)cc2)cc1. The van der Waals surface area contributed by atoms with E-state index in [1.165, 1.54) is 4.31 Å². The van der Waals surface area contributed by atoms with E-state index in [9.17, 15) is 13.2 Å². The van der Waals surface area contributed by atoms with Crippen molar-refractivity contribution in [2.45, 2.75) is 38.1 Å². The van der Waals surface area contributed by atoms with E-state index in [0.29, 0.717) is 17.7 Å². The lowest BCUT2D eigenvalue weighted by Crippen LogP contribution is -2.35. The number of fused-ring (bicyclic) bond motifs is 1. The molecule has 1 aliphatic heterocycles. The Morgan fingerprint density at radius 1 is 0.933 bits per heavy atom. The summed E-state index contributed by atoms with van der Waals surface area (Å²) in [5, 5.41) is 2.89. The molecule has 0 fully saturated rings. The normalized spacial score (nSPS) is 15.7. The van der Waals surface area contributed by atoms with Gasteiger partial charge in [-0.1, -0.05) is 35.4 Å². The Balaban J connectivity index is 1.62. The Kier molecular flexibility index (Phi) is 5.12. The van der Waals surface area contributed by atoms with Crippen LogP contribution in [-0.2, 0) is 16.4 Å². The average molecular weight is 421 g/mol. The minimum atomic E-state index is -3.67. The first-order chi connectivity index (χ1) is 14.3. The molecule has 1 aliphatic rings. The van der Waals surface area contributed by atoms with E-state index in [1.54, 1.807) is 42.5 Å². The molecule has 0 radical (unpaired) electrons. The van der Waals surface area contributed by atoms with Gasteiger partial charge in [0.1, 0.15) is 0 Å². The number of nitrogens with zero attached hydrogens (tertiary/aromatic N) is 1. The van der Waals surface area contributed by atoms with Crippen LogP contribution in [0.3, 0.4) is 0 Å². The topological polar surface area (TPSA) is 66.5 Å². The van der Waals surface area contributed by atoms with Gasteiger partial charge in [-0.25, -0.2) is 8.42 Å². The van der Waals surface area contributed by atoms with E-state index in [0.717, 1.165) is 22.4 Å². The van der Waals surface area contributed by atoms with Crippen molar-refractivity contribution in [1.29, 1.82) is 0 Å². The molecule has 0 bridgehead atoms. The highest BCUT2D eigenvalue weighted by molar-refractivity contribution is 7.92. The van der Waals surface area contributed by atoms with Crippen LogP contribution in [0.2, 0.25) is 0 Å². The molecule has 3 aromatic rings. The van der Waals surface area contributed by atoms with Gasteiger partial charge in [-0.2, -0.15) is 0 Å². The number of sulfonamides is 1. The fraction of sp³-hybridized carbons (Fsp3) is 0.208. The van der Waals surface area contributed by atoms with E-state index in [4.69, 9.17) is 0 Å². The number of amides is 1. The summed E-state index contributed by atoms with van der Waals surface area (Å²) in [6, 6.07) is 19.4. The second kappa shape index (κ2) is 7.61. The summed E-state index contributed by atoms with van der Waals surface area (Å²) in [4.78, 5) is 12.9. The monoisotopic (exact) mass is 420 g/mol. The molecule has 4 rings (SSSR count). The molecule has 1 N–H and O–H groups in total. The third-order valence-electron chi connectivity index (χ3n) is 5.38. The molecular weight excluding hydrogens is 396 g/mol. The second-order valence-electron chi connectivity index (χ2n) is 7.83. The van der Waals surface area contributed by atoms with Gasteiger partial charge in [0.2, 0.25) is 0 Å². The largest absolute Gasteiger partial charge is 0.322 e. The number of rotatable bonds is 4. The van der Waals surface area contributed by atoms with Gasteiger partial charge in [0, 0.05) is 17.3 Å². The minimum absolute atomic E-state index is 0.214. The molecule has 0 saturated carbocycles. The molecule has 0 aliphatic carbocycles. The number of hydrogen-bond acceptors (Lipinski definition) is 3. The molecule has 0 saturated heterocycles. The van der Waals surface area contributed by atoms with Crippen molar-refractivity contribution < 1.29 is 13.2 Å². The molecule has 6 heteroatoms. The molecule has 0 unspecified atom stereocenters. The van der Waals surface area contributed by atoms with Crippen LogP contribution in [0, 0.1) is 13.8 Å². The average Bonchev–Trinajstić information content (AvgIpc) is 3.05. The number of carbonyl (C=O) groups is 1. The molecule has 5 nitrogen and oxygen atoms in total. The first-order valence-corrected chi connectivity index (χ1v) is 11.3. The molecular formula is C24H24N2O3S. The van der Waals surface area contributed by atoms with Crippen LogP contribution in [-0.4, -0.2) is 20.4 Å². The van der Waals surface area contributed by atoms with Gasteiger partial charge in [0.25, 0.3) is 15.9 Å². The third-order valence-corrected chi connectivity index (χ3v) is 7.32. The zero-order valence-electron chi connectivity index (χ0n) is 17.2. The van der Waals surface area contributed by atoms with Crippen LogP contribution in [0.4, 0.5) is 11.4 Å². The highest BCUT2D eigenvalue weighted by Gasteiger charge is 2.36. The van der Waals surface area contributed by atoms with Crippen molar-refractivity contribution >= 4 is 27.3 Å². The van der Waals surface area contributed by atoms with Crippen LogP contribution < -0.4 is 9.62 Å². The second-order valence-corrected chi connectivity index (χ2v) is 9.65. The Hall–Kier alpha value is -3.12. The lowest BCUT2D eigenvalue weighted by atomic mass is 10.1. The van der Waals surface area contributed by atoms with Crippen LogP contribution >= 0.6 is 0 Å². The van der Waals surface area contributed by atoms with Crippen molar-refractivity contribution in [2.24, 2.45) is 0 Å². The lowest BCUT2D eigenvalue weighted by molar-refractivity contribution is 0.102. The maximum Gasteiger partial charge on any atom is 0.264 e. The first-order valence-electron chi connectivity index (χ1n) is 9.88. The molecule has 1 atom stereocenters. The van der Waals surface area contributed by atoms with Gasteiger partial charge in [0.15, 0.2) is 0 Å². The number of aryl methyl sites for hydroxylation is 2. The summed E-state index contributed by atoms with van der Waals surface area (Å²) in [6.45, 7) is 5.80. The van der Waals surface area contributed by atoms with E-state index in [2.05, 4.69) is 5.32 Å². The Labute approximate surface area is 177 Å². The van der Waals surface area contributed by atoms with E-state index < -0.39 is 10.0 Å². The Morgan fingerprint density at radius 2 is 1.53 bits per heavy atom. The Bertz CT molecular complexity index is 1200. The van der Waals surface area contributed by atoms with Crippen molar-refractivity contribution in [3.8, 4) is 0 Å². The minimum Gasteiger partial charge on any atom is -0.322 e. The van der Waals surface area contributed by atoms with Crippen molar-refractivity contribution in [1.82, 2.24) is 0 Å². The zero-order chi connectivity index (χ0) is 21.5. The van der Waals surface area contributed by atoms with Crippen LogP contribution in [0.15, 0.2) is 71.6 Å². The third kappa shape index (κ3) is 3.71. The van der Waals surface area contributed by atoms with E-state index in [-0.39, 0.29) is 16.8 Å². The number of anilines is 2. The fourth-order valence-electron chi connectivity index (χ4n) is 3.77. The number of hydrogen-bond donors (Lipinski definition) is 1. The highest BCUT2D eigenvalue weighted by Crippen LogP contribution is 2.37. The van der Waals surface area contributed by atoms with Crippen LogP contribution in [0.5, 0.6) is 0 Å². The molecule has 1 amide bonds. The zero-order valence-corrected chi connectivity index (χ0v) is 18.0. The summed E-state index contributed by atoms with van der Waals surface area (Å²) in [5.41, 5.74) is 4.85. The number of benzene rings is 3. The van der Waals surface area contributed by atoms with Crippen molar-refractivity contribution in [3.05, 3.63) is 89.0 Å². The smallest absolute Gasteiger partial charge is 0.264 e. The Morgan fingerprint density at radius 3 is 2.17 bits per heavy atom. The fourth-order valence-corrected chi connectivity index (χ4v) is 5.47. The molecule has 1 heterocycles. The first kappa shape index (κ1) is 20.2. The molecule has 3 aromatic carbocycles. The standard InChI is InChI=1S/C24H24N2O3S/c1-16-4-9-21(10-5-16)25-24(27)19-8-13-23-20(15-19)14-18(3)26(23)30(28,29)22-11-6-17(2)7-12-22/h4-13,15,18H,14H2,1-3H3,(H,25,27)/t18-/m1/s1. The molecule has 0 aromatic heterocycles. The molecule has 30 heavy (non-hydrogen) atoms. The maximum absolute atomic E-state index is 13.3. The highest BCUT2D eigenvalue weighted by atomic mass is 32.2. The summed E-state index contributed by atoms with van der Waals surface area (Å²) in [7, 11) is -3.67. The van der Waals surface area contributed by atoms with Gasteiger partial charge >= 0.3 is 0 Å². The summed E-state index contributed by atoms with van der Waals surface area (Å²) < 4.78 is 28.0. The summed E-state index contributed by atoms with van der Waals surface area (Å²) in [5.74, 6) is -0.214. The summed E-state index contributed by atoms with van der Waals surface area (Å²) in [6.07, 6.45) is 0.562. The number of carbonyl (C=O) groups excluding carboxylic acids is 1. The molecule has 154 valence electrons. The van der Waals surface area contributed by atoms with Crippen molar-refractivity contribution in [2.75, 3.05) is 9.62 Å². The van der Waals surface area contributed by atoms with Crippen LogP contribution in [0.1, 0.15) is 34.0 Å². The lowest BCUT2D eigenvalue weighted by Gasteiger charge is -2.24. The predicted molar refractivity (Wildman–Crippen MR) is 120 cm³/mol. The van der Waals surface area contributed by atoms with Crippen molar-refractivity contribution in [3.63, 3.8) is 0 Å². The van der Waals surface area contributed by atoms with E-state index >= 15 is 0 Å².